The van der Waals surface area contributed by atoms with Crippen molar-refractivity contribution in [1.29, 1.82) is 0 Å². The molecule has 1 N–H and O–H groups in total. The van der Waals surface area contributed by atoms with Gasteiger partial charge in [-0.15, -0.1) is 0 Å². The van der Waals surface area contributed by atoms with Crippen LogP contribution in [0.15, 0.2) is 0 Å². The van der Waals surface area contributed by atoms with Crippen LogP contribution in [0.1, 0.15) is 6.92 Å². The number of cyclic esters (lactones) is 1. The lowest BCUT2D eigenvalue weighted by molar-refractivity contribution is -0.166. The quantitative estimate of drug-likeness (QED) is 0.407. The van der Waals surface area contributed by atoms with Gasteiger partial charge in [0.2, 0.25) is 5.25 Å². The van der Waals surface area contributed by atoms with E-state index in [1.165, 1.54) is 6.92 Å². The first-order valence-electron chi connectivity index (χ1n) is 2.59. The summed E-state index contributed by atoms with van der Waals surface area (Å²) in [4.78, 5) is 10.3. The molecule has 0 aromatic rings. The maximum Gasteiger partial charge on any atom is 0.331 e. The minimum atomic E-state index is -4.24. The van der Waals surface area contributed by atoms with Crippen LogP contribution in [-0.2, 0) is 19.6 Å². The highest BCUT2D eigenvalue weighted by atomic mass is 32.2. The Morgan fingerprint density at radius 3 is 2.20 bits per heavy atom. The van der Waals surface area contributed by atoms with Crippen molar-refractivity contribution in [2.45, 2.75) is 18.3 Å². The number of hydrogen-bond acceptors (Lipinski definition) is 4. The van der Waals surface area contributed by atoms with Crippen molar-refractivity contribution in [3.8, 4) is 0 Å². The van der Waals surface area contributed by atoms with E-state index in [1.54, 1.807) is 0 Å². The third-order valence-corrected chi connectivity index (χ3v) is 2.50. The Labute approximate surface area is 57.7 Å². The largest absolute Gasteiger partial charge is 0.459 e. The van der Waals surface area contributed by atoms with Gasteiger partial charge in [0.1, 0.15) is 6.10 Å². The SMILES string of the molecule is CC1OC(=O)[C@H]1S(=O)(=O)O. The number of hydrogen-bond donors (Lipinski definition) is 1. The smallest absolute Gasteiger partial charge is 0.331 e. The van der Waals surface area contributed by atoms with E-state index >= 15 is 0 Å². The fourth-order valence-electron chi connectivity index (χ4n) is 0.795. The molecule has 1 aliphatic rings. The zero-order chi connectivity index (χ0) is 7.94. The Hall–Kier alpha value is -0.620. The summed E-state index contributed by atoms with van der Waals surface area (Å²) in [6, 6.07) is 0. The summed E-state index contributed by atoms with van der Waals surface area (Å²) < 4.78 is 33.2. The van der Waals surface area contributed by atoms with Crippen LogP contribution in [0.4, 0.5) is 0 Å². The van der Waals surface area contributed by atoms with Crippen molar-refractivity contribution in [2.24, 2.45) is 0 Å². The van der Waals surface area contributed by atoms with Crippen LogP contribution in [0, 0.1) is 0 Å². The van der Waals surface area contributed by atoms with E-state index in [-0.39, 0.29) is 0 Å². The molecular weight excluding hydrogens is 160 g/mol. The van der Waals surface area contributed by atoms with Gasteiger partial charge in [-0.1, -0.05) is 0 Å². The Morgan fingerprint density at radius 1 is 1.60 bits per heavy atom. The van der Waals surface area contributed by atoms with Crippen molar-refractivity contribution in [1.82, 2.24) is 0 Å². The van der Waals surface area contributed by atoms with Gasteiger partial charge in [0.25, 0.3) is 10.1 Å². The van der Waals surface area contributed by atoms with E-state index in [0.717, 1.165) is 0 Å². The molecule has 0 saturated carbocycles. The second-order valence-electron chi connectivity index (χ2n) is 2.08. The molecule has 6 heteroatoms. The van der Waals surface area contributed by atoms with Crippen LogP contribution in [0.3, 0.4) is 0 Å². The number of carbonyl (C=O) groups is 1. The van der Waals surface area contributed by atoms with E-state index < -0.39 is 27.4 Å². The summed E-state index contributed by atoms with van der Waals surface area (Å²) in [5.41, 5.74) is 0. The van der Waals surface area contributed by atoms with E-state index in [0.29, 0.717) is 0 Å². The molecule has 0 radical (unpaired) electrons. The third kappa shape index (κ3) is 0.994. The first-order valence-corrected chi connectivity index (χ1v) is 4.10. The van der Waals surface area contributed by atoms with Crippen molar-refractivity contribution in [2.75, 3.05) is 0 Å². The van der Waals surface area contributed by atoms with Gasteiger partial charge in [-0.2, -0.15) is 8.42 Å². The molecule has 1 unspecified atom stereocenters. The summed E-state index contributed by atoms with van der Waals surface area (Å²) in [5, 5.41) is -1.37. The van der Waals surface area contributed by atoms with Crippen LogP contribution in [0.25, 0.3) is 0 Å². The summed E-state index contributed by atoms with van der Waals surface area (Å²) in [7, 11) is -4.24. The highest BCUT2D eigenvalue weighted by Gasteiger charge is 2.48. The van der Waals surface area contributed by atoms with Crippen LogP contribution < -0.4 is 0 Å². The Morgan fingerprint density at radius 2 is 2.10 bits per heavy atom. The van der Waals surface area contributed by atoms with E-state index in [2.05, 4.69) is 4.74 Å². The lowest BCUT2D eigenvalue weighted by atomic mass is 10.2. The number of esters is 1. The van der Waals surface area contributed by atoms with Crippen molar-refractivity contribution < 1.29 is 22.5 Å². The molecule has 0 aliphatic carbocycles. The lowest BCUT2D eigenvalue weighted by Gasteiger charge is -2.29. The molecule has 2 atom stereocenters. The van der Waals surface area contributed by atoms with Gasteiger partial charge in [0.05, 0.1) is 0 Å². The molecule has 10 heavy (non-hydrogen) atoms. The predicted octanol–water partition coefficient (Wildman–Crippen LogP) is -0.812. The normalized spacial score (nSPS) is 32.8. The molecule has 0 amide bonds. The Balaban J connectivity index is 2.84. The molecule has 5 nitrogen and oxygen atoms in total. The average Bonchev–Trinajstić information content (AvgIpc) is 1.58. The fourth-order valence-corrected chi connectivity index (χ4v) is 1.63. The first kappa shape index (κ1) is 7.49. The molecule has 0 spiro atoms. The van der Waals surface area contributed by atoms with E-state index in [4.69, 9.17) is 4.55 Å². The molecule has 58 valence electrons. The van der Waals surface area contributed by atoms with Crippen LogP contribution in [-0.4, -0.2) is 30.3 Å². The topological polar surface area (TPSA) is 80.7 Å². The summed E-state index contributed by atoms with van der Waals surface area (Å²) in [6.45, 7) is 1.40. The molecule has 1 fully saturated rings. The average molecular weight is 166 g/mol. The molecular formula is C4H6O5S. The minimum absolute atomic E-state index is 0.720. The highest BCUT2D eigenvalue weighted by Crippen LogP contribution is 2.20. The van der Waals surface area contributed by atoms with E-state index in [9.17, 15) is 13.2 Å². The molecule has 0 aromatic heterocycles. The van der Waals surface area contributed by atoms with Crippen LogP contribution >= 0.6 is 0 Å². The molecule has 1 rings (SSSR count). The van der Waals surface area contributed by atoms with E-state index in [1.807, 2.05) is 0 Å². The van der Waals surface area contributed by atoms with Gasteiger partial charge in [-0.3, -0.25) is 9.35 Å². The maximum absolute atomic E-state index is 10.3. The fraction of sp³-hybridized carbons (Fsp3) is 0.750. The summed E-state index contributed by atoms with van der Waals surface area (Å²) in [6.07, 6.45) is -0.720. The number of ether oxygens (including phenoxy) is 1. The molecule has 0 aromatic carbocycles. The Kier molecular flexibility index (Phi) is 1.44. The predicted molar refractivity (Wildman–Crippen MR) is 30.9 cm³/mol. The maximum atomic E-state index is 10.3. The molecule has 1 heterocycles. The zero-order valence-electron chi connectivity index (χ0n) is 5.14. The van der Waals surface area contributed by atoms with Gasteiger partial charge in [-0.25, -0.2) is 0 Å². The molecule has 1 saturated heterocycles. The summed E-state index contributed by atoms with van der Waals surface area (Å²) in [5.74, 6) is -0.880. The van der Waals surface area contributed by atoms with Crippen LogP contribution in [0.2, 0.25) is 0 Å². The zero-order valence-corrected chi connectivity index (χ0v) is 5.96. The standard InChI is InChI=1S/C4H6O5S/c1-2-3(4(5)9-2)10(6,7)8/h2-3H,1H3,(H,6,7,8)/t2?,3-/m0/s1. The Bertz CT molecular complexity index is 253. The highest BCUT2D eigenvalue weighted by molar-refractivity contribution is 7.87. The minimum Gasteiger partial charge on any atom is -0.459 e. The van der Waals surface area contributed by atoms with Gasteiger partial charge < -0.3 is 4.74 Å². The second-order valence-corrected chi connectivity index (χ2v) is 3.62. The molecule has 0 bridgehead atoms. The van der Waals surface area contributed by atoms with Gasteiger partial charge in [0, 0.05) is 0 Å². The van der Waals surface area contributed by atoms with Crippen LogP contribution in [0.5, 0.6) is 0 Å². The third-order valence-electron chi connectivity index (χ3n) is 1.28. The second kappa shape index (κ2) is 1.93. The van der Waals surface area contributed by atoms with Gasteiger partial charge >= 0.3 is 5.97 Å². The monoisotopic (exact) mass is 166 g/mol. The van der Waals surface area contributed by atoms with Crippen molar-refractivity contribution >= 4 is 16.1 Å². The number of carbonyl (C=O) groups excluding carboxylic acids is 1. The van der Waals surface area contributed by atoms with Gasteiger partial charge in [0.15, 0.2) is 0 Å². The van der Waals surface area contributed by atoms with Gasteiger partial charge in [-0.05, 0) is 6.92 Å². The van der Waals surface area contributed by atoms with Crippen molar-refractivity contribution in [3.05, 3.63) is 0 Å². The molecule has 1 aliphatic heterocycles. The first-order chi connectivity index (χ1) is 4.43. The summed E-state index contributed by atoms with van der Waals surface area (Å²) >= 11 is 0. The van der Waals surface area contributed by atoms with Crippen molar-refractivity contribution in [3.63, 3.8) is 0 Å². The number of rotatable bonds is 1. The lowest BCUT2D eigenvalue weighted by Crippen LogP contribution is -2.52.